The molecule has 2 aromatic carbocycles. The van der Waals surface area contributed by atoms with Gasteiger partial charge in [0.2, 0.25) is 0 Å². The molecule has 5 rings (SSSR count). The largest absolute Gasteiger partial charge is 0.744 e. The quantitative estimate of drug-likeness (QED) is 0.234. The highest BCUT2D eigenvalue weighted by molar-refractivity contribution is 14.1. The lowest BCUT2D eigenvalue weighted by atomic mass is 9.73. The predicted molar refractivity (Wildman–Crippen MR) is 133 cm³/mol. The molecule has 0 amide bonds. The molecule has 2 bridgehead atoms. The van der Waals surface area contributed by atoms with Crippen LogP contribution in [0.3, 0.4) is 0 Å². The number of benzene rings is 2. The van der Waals surface area contributed by atoms with Crippen molar-refractivity contribution in [3.05, 3.63) is 63.2 Å². The van der Waals surface area contributed by atoms with Crippen molar-refractivity contribution in [3.8, 4) is 0 Å². The molecular weight excluding hydrogens is 553 g/mol. The number of carbonyl (C=O) groups is 1. The second-order valence-corrected chi connectivity index (χ2v) is 12.0. The zero-order chi connectivity index (χ0) is 23.8. The van der Waals surface area contributed by atoms with Crippen molar-refractivity contribution in [1.29, 1.82) is 0 Å². The molecule has 0 unspecified atom stereocenters. The lowest BCUT2D eigenvalue weighted by Gasteiger charge is -2.57. The van der Waals surface area contributed by atoms with Gasteiger partial charge in [0.15, 0.2) is 0 Å². The first-order valence-corrected chi connectivity index (χ1v) is 13.9. The Hall–Kier alpha value is -1.49. The Morgan fingerprint density at radius 2 is 1.70 bits per heavy atom. The van der Waals surface area contributed by atoms with Gasteiger partial charge in [0.05, 0.1) is 31.1 Å². The monoisotopic (exact) mass is 583 g/mol. The van der Waals surface area contributed by atoms with Crippen molar-refractivity contribution in [2.24, 2.45) is 5.92 Å². The smallest absolute Gasteiger partial charge is 0.315 e. The molecule has 4 atom stereocenters. The summed E-state index contributed by atoms with van der Waals surface area (Å²) in [7, 11) is -2.72. The number of hydrogen-bond donors (Lipinski definition) is 0. The van der Waals surface area contributed by atoms with Gasteiger partial charge >= 0.3 is 5.97 Å². The second-order valence-electron chi connectivity index (χ2n) is 9.41. The Morgan fingerprint density at radius 3 is 2.21 bits per heavy atom. The molecule has 0 radical (unpaired) electrons. The molecule has 3 aliphatic heterocycles. The van der Waals surface area contributed by atoms with Crippen LogP contribution in [0.1, 0.15) is 42.7 Å². The van der Waals surface area contributed by atoms with E-state index < -0.39 is 10.1 Å². The minimum atomic E-state index is -4.27. The summed E-state index contributed by atoms with van der Waals surface area (Å²) in [5, 5.41) is 0. The highest BCUT2D eigenvalue weighted by Crippen LogP contribution is 2.54. The van der Waals surface area contributed by atoms with Gasteiger partial charge in [0.25, 0.3) is 0 Å². The van der Waals surface area contributed by atoms with Gasteiger partial charge in [-0.05, 0) is 59.3 Å². The van der Waals surface area contributed by atoms with E-state index in [2.05, 4.69) is 46.9 Å². The molecule has 0 aromatic heterocycles. The molecule has 1 spiro atoms. The van der Waals surface area contributed by atoms with Crippen molar-refractivity contribution in [3.63, 3.8) is 0 Å². The molecule has 3 fully saturated rings. The van der Waals surface area contributed by atoms with Gasteiger partial charge in [-0.2, -0.15) is 0 Å². The standard InChI is InChI=1S/C18H23INO2.C7H8O3S/c1-22-18(21)17-15(12-3-5-13(19)6-4-12)11-14-7-8-16(17)20(14)9-2-10-20;1-6-2-4-7(5-3-6)11(8,9)10/h3-6,14-17H,2,7-11H2,1H3;2-5H,1H3,(H,8,9,10)/q+1;/p-1/t14-,15+,16+,17+;/m0./s1. The van der Waals surface area contributed by atoms with E-state index in [0.29, 0.717) is 12.0 Å². The summed E-state index contributed by atoms with van der Waals surface area (Å²) in [5.74, 6) is 0.397. The van der Waals surface area contributed by atoms with Crippen LogP contribution in [-0.4, -0.2) is 55.7 Å². The van der Waals surface area contributed by atoms with Crippen LogP contribution in [0.25, 0.3) is 0 Å². The van der Waals surface area contributed by atoms with Gasteiger partial charge in [-0.15, -0.1) is 0 Å². The summed E-state index contributed by atoms with van der Waals surface area (Å²) in [6.07, 6.45) is 4.97. The topological polar surface area (TPSA) is 83.5 Å². The average molecular weight is 583 g/mol. The van der Waals surface area contributed by atoms with Gasteiger partial charge in [-0.1, -0.05) is 29.8 Å². The molecule has 0 aliphatic carbocycles. The van der Waals surface area contributed by atoms with E-state index in [4.69, 9.17) is 4.74 Å². The Kier molecular flexibility index (Phi) is 7.19. The van der Waals surface area contributed by atoms with Gasteiger partial charge in [0, 0.05) is 35.2 Å². The minimum absolute atomic E-state index is 0.0123. The number of halogens is 1. The number of esters is 1. The SMILES string of the molecule is COC(=O)[C@@H]1[C@@H](c2ccc(I)cc2)C[C@@H]2CC[C@H]1[N+]21CCC1.Cc1ccc(S(=O)(=O)[O-])cc1. The minimum Gasteiger partial charge on any atom is -0.744 e. The summed E-state index contributed by atoms with van der Waals surface area (Å²) in [4.78, 5) is 12.4. The van der Waals surface area contributed by atoms with Crippen molar-refractivity contribution >= 4 is 38.7 Å². The highest BCUT2D eigenvalue weighted by atomic mass is 127. The van der Waals surface area contributed by atoms with Crippen LogP contribution in [0.2, 0.25) is 0 Å². The van der Waals surface area contributed by atoms with Gasteiger partial charge in [-0.3, -0.25) is 4.79 Å². The summed E-state index contributed by atoms with van der Waals surface area (Å²) in [6, 6.07) is 15.8. The third kappa shape index (κ3) is 4.85. The normalized spacial score (nSPS) is 27.3. The number of aryl methyl sites for hydroxylation is 1. The summed E-state index contributed by atoms with van der Waals surface area (Å²) in [5.41, 5.74) is 2.25. The van der Waals surface area contributed by atoms with E-state index in [0.717, 1.165) is 18.0 Å². The van der Waals surface area contributed by atoms with Crippen LogP contribution >= 0.6 is 22.6 Å². The second kappa shape index (κ2) is 9.64. The Labute approximate surface area is 209 Å². The van der Waals surface area contributed by atoms with Crippen LogP contribution in [0, 0.1) is 16.4 Å². The molecule has 3 aliphatic rings. The fourth-order valence-corrected chi connectivity index (χ4v) is 6.95. The molecule has 0 saturated carbocycles. The Morgan fingerprint density at radius 1 is 1.06 bits per heavy atom. The number of carbonyl (C=O) groups excluding carboxylic acids is 1. The fourth-order valence-electron chi connectivity index (χ4n) is 6.12. The molecule has 3 saturated heterocycles. The summed E-state index contributed by atoms with van der Waals surface area (Å²) in [6.45, 7) is 4.38. The number of quaternary nitrogens is 1. The van der Waals surface area contributed by atoms with Crippen molar-refractivity contribution in [2.75, 3.05) is 20.2 Å². The molecular formula is C25H30INO5S. The van der Waals surface area contributed by atoms with Crippen molar-refractivity contribution in [2.45, 2.75) is 55.5 Å². The zero-order valence-electron chi connectivity index (χ0n) is 18.9. The maximum Gasteiger partial charge on any atom is 0.315 e. The molecule has 0 N–H and O–H groups in total. The first kappa shape index (κ1) is 24.6. The molecule has 3 heterocycles. The van der Waals surface area contributed by atoms with Crippen LogP contribution in [-0.2, 0) is 19.6 Å². The number of ether oxygens (including phenoxy) is 1. The number of nitrogens with zero attached hydrogens (tertiary/aromatic N) is 1. The van der Waals surface area contributed by atoms with E-state index in [1.54, 1.807) is 19.2 Å². The molecule has 2 aromatic rings. The average Bonchev–Trinajstić information content (AvgIpc) is 3.02. The van der Waals surface area contributed by atoms with Crippen LogP contribution in [0.15, 0.2) is 53.4 Å². The van der Waals surface area contributed by atoms with E-state index in [1.807, 2.05) is 6.92 Å². The first-order chi connectivity index (χ1) is 15.7. The van der Waals surface area contributed by atoms with Gasteiger partial charge in [0.1, 0.15) is 22.1 Å². The van der Waals surface area contributed by atoms with Crippen molar-refractivity contribution in [1.82, 2.24) is 0 Å². The Balaban J connectivity index is 0.000000200. The van der Waals surface area contributed by atoms with Crippen LogP contribution < -0.4 is 0 Å². The van der Waals surface area contributed by atoms with E-state index in [1.165, 1.54) is 58.1 Å². The molecule has 33 heavy (non-hydrogen) atoms. The number of rotatable bonds is 3. The van der Waals surface area contributed by atoms with E-state index in [-0.39, 0.29) is 16.8 Å². The maximum atomic E-state index is 12.6. The first-order valence-electron chi connectivity index (χ1n) is 11.4. The lowest BCUT2D eigenvalue weighted by Crippen LogP contribution is -2.70. The fraction of sp³-hybridized carbons (Fsp3) is 0.480. The van der Waals surface area contributed by atoms with Gasteiger partial charge < -0.3 is 13.8 Å². The molecule has 6 nitrogen and oxygen atoms in total. The van der Waals surface area contributed by atoms with Crippen molar-refractivity contribution < 1.29 is 27.0 Å². The summed E-state index contributed by atoms with van der Waals surface area (Å²) >= 11 is 2.34. The maximum absolute atomic E-state index is 12.6. The van der Waals surface area contributed by atoms with Crippen LogP contribution in [0.5, 0.6) is 0 Å². The lowest BCUT2D eigenvalue weighted by molar-refractivity contribution is -1.00. The predicted octanol–water partition coefficient (Wildman–Crippen LogP) is 4.22. The molecule has 8 heteroatoms. The van der Waals surface area contributed by atoms with Gasteiger partial charge in [-0.25, -0.2) is 8.42 Å². The van der Waals surface area contributed by atoms with E-state index in [9.17, 15) is 17.8 Å². The third-order valence-corrected chi connectivity index (χ3v) is 9.36. The zero-order valence-corrected chi connectivity index (χ0v) is 21.9. The van der Waals surface area contributed by atoms with E-state index >= 15 is 0 Å². The molecule has 178 valence electrons. The number of hydrogen-bond acceptors (Lipinski definition) is 5. The number of piperidine rings is 1. The number of methoxy groups -OCH3 is 1. The third-order valence-electron chi connectivity index (χ3n) is 7.79. The van der Waals surface area contributed by atoms with Crippen LogP contribution in [0.4, 0.5) is 0 Å². The Bertz CT molecular complexity index is 1100. The highest BCUT2D eigenvalue weighted by Gasteiger charge is 2.63. The summed E-state index contributed by atoms with van der Waals surface area (Å²) < 4.78 is 38.9.